The summed E-state index contributed by atoms with van der Waals surface area (Å²) in [5, 5.41) is 0. The van der Waals surface area contributed by atoms with Crippen molar-refractivity contribution in [3.63, 3.8) is 0 Å². The van der Waals surface area contributed by atoms with Crippen LogP contribution in [0.15, 0.2) is 28.7 Å². The zero-order valence-electron chi connectivity index (χ0n) is 9.04. The highest BCUT2D eigenvalue weighted by Crippen LogP contribution is 2.50. The quantitative estimate of drug-likeness (QED) is 0.909. The predicted molar refractivity (Wildman–Crippen MR) is 66.7 cm³/mol. The Morgan fingerprint density at radius 1 is 1.33 bits per heavy atom. The van der Waals surface area contributed by atoms with E-state index >= 15 is 0 Å². The number of nitrogens with two attached hydrogens (primary N) is 1. The monoisotopic (exact) mass is 268 g/mol. The molecule has 0 aromatic heterocycles. The minimum atomic E-state index is 0.278. The second kappa shape index (κ2) is 4.24. The number of benzene rings is 1. The van der Waals surface area contributed by atoms with E-state index in [2.05, 4.69) is 52.1 Å². The number of hydrogen-bond donors (Lipinski definition) is 1. The average Bonchev–Trinajstić information content (AvgIpc) is 3.00. The molecule has 1 fully saturated rings. The smallest absolute Gasteiger partial charge is 0.0459 e. The summed E-state index contributed by atoms with van der Waals surface area (Å²) in [7, 11) is 2.17. The summed E-state index contributed by atoms with van der Waals surface area (Å²) in [5.41, 5.74) is 7.30. The number of rotatable bonds is 4. The SMILES string of the molecule is CN(CCN)C1(c2ccc(Br)cc2)CC1. The Morgan fingerprint density at radius 3 is 2.40 bits per heavy atom. The van der Waals surface area contributed by atoms with Crippen molar-refractivity contribution in [2.45, 2.75) is 18.4 Å². The fourth-order valence-corrected chi connectivity index (χ4v) is 2.44. The number of halogens is 1. The zero-order valence-corrected chi connectivity index (χ0v) is 10.6. The third kappa shape index (κ3) is 2.10. The molecule has 0 saturated heterocycles. The van der Waals surface area contributed by atoms with E-state index in [1.807, 2.05) is 0 Å². The molecule has 3 heteroatoms. The number of nitrogens with zero attached hydrogens (tertiary/aromatic N) is 1. The topological polar surface area (TPSA) is 29.3 Å². The van der Waals surface area contributed by atoms with Crippen molar-refractivity contribution in [2.75, 3.05) is 20.1 Å². The molecule has 0 amide bonds. The van der Waals surface area contributed by atoms with Gasteiger partial charge in [0.1, 0.15) is 0 Å². The molecule has 1 aromatic carbocycles. The van der Waals surface area contributed by atoms with Gasteiger partial charge in [-0.3, -0.25) is 4.90 Å². The van der Waals surface area contributed by atoms with E-state index in [1.165, 1.54) is 18.4 Å². The van der Waals surface area contributed by atoms with Gasteiger partial charge in [0.05, 0.1) is 0 Å². The maximum absolute atomic E-state index is 5.61. The molecule has 15 heavy (non-hydrogen) atoms. The first-order valence-corrected chi connectivity index (χ1v) is 6.16. The van der Waals surface area contributed by atoms with Crippen LogP contribution in [0, 0.1) is 0 Å². The van der Waals surface area contributed by atoms with Gasteiger partial charge in [0.2, 0.25) is 0 Å². The molecule has 0 unspecified atom stereocenters. The Bertz CT molecular complexity index is 330. The Balaban J connectivity index is 2.19. The van der Waals surface area contributed by atoms with Gasteiger partial charge >= 0.3 is 0 Å². The van der Waals surface area contributed by atoms with Crippen molar-refractivity contribution in [1.29, 1.82) is 0 Å². The van der Waals surface area contributed by atoms with Gasteiger partial charge in [0.15, 0.2) is 0 Å². The standard InChI is InChI=1S/C12H17BrN2/c1-15(9-8-14)12(6-7-12)10-2-4-11(13)5-3-10/h2-5H,6-9,14H2,1H3. The fraction of sp³-hybridized carbons (Fsp3) is 0.500. The summed E-state index contributed by atoms with van der Waals surface area (Å²) in [6, 6.07) is 8.66. The van der Waals surface area contributed by atoms with Gasteiger partial charge in [-0.05, 0) is 37.6 Å². The molecule has 0 heterocycles. The van der Waals surface area contributed by atoms with Crippen LogP contribution in [0.1, 0.15) is 18.4 Å². The highest BCUT2D eigenvalue weighted by atomic mass is 79.9. The van der Waals surface area contributed by atoms with Gasteiger partial charge < -0.3 is 5.73 Å². The Morgan fingerprint density at radius 2 is 1.93 bits per heavy atom. The predicted octanol–water partition coefficient (Wildman–Crippen LogP) is 2.33. The first-order chi connectivity index (χ1) is 7.19. The lowest BCUT2D eigenvalue weighted by atomic mass is 10.0. The van der Waals surface area contributed by atoms with E-state index in [-0.39, 0.29) is 5.54 Å². The highest BCUT2D eigenvalue weighted by molar-refractivity contribution is 9.10. The van der Waals surface area contributed by atoms with Crippen molar-refractivity contribution < 1.29 is 0 Å². The van der Waals surface area contributed by atoms with Crippen molar-refractivity contribution in [3.05, 3.63) is 34.3 Å². The van der Waals surface area contributed by atoms with Crippen molar-refractivity contribution in [3.8, 4) is 0 Å². The molecular weight excluding hydrogens is 252 g/mol. The van der Waals surface area contributed by atoms with Gasteiger partial charge in [0.25, 0.3) is 0 Å². The first kappa shape index (κ1) is 11.1. The van der Waals surface area contributed by atoms with Crippen LogP contribution in [0.5, 0.6) is 0 Å². The lowest BCUT2D eigenvalue weighted by Crippen LogP contribution is -2.35. The van der Waals surface area contributed by atoms with Crippen molar-refractivity contribution in [1.82, 2.24) is 4.90 Å². The molecule has 0 aliphatic heterocycles. The molecule has 1 aliphatic rings. The maximum atomic E-state index is 5.61. The van der Waals surface area contributed by atoms with Gasteiger partial charge in [-0.1, -0.05) is 28.1 Å². The third-order valence-corrected chi connectivity index (χ3v) is 3.83. The molecule has 0 spiro atoms. The first-order valence-electron chi connectivity index (χ1n) is 5.36. The minimum absolute atomic E-state index is 0.278. The molecule has 1 saturated carbocycles. The third-order valence-electron chi connectivity index (χ3n) is 3.30. The van der Waals surface area contributed by atoms with Crippen LogP contribution in [0.2, 0.25) is 0 Å². The van der Waals surface area contributed by atoms with Gasteiger partial charge in [-0.15, -0.1) is 0 Å². The van der Waals surface area contributed by atoms with E-state index < -0.39 is 0 Å². The largest absolute Gasteiger partial charge is 0.329 e. The van der Waals surface area contributed by atoms with Crippen LogP contribution in [0.3, 0.4) is 0 Å². The Hall–Kier alpha value is -0.380. The molecule has 2 rings (SSSR count). The van der Waals surface area contributed by atoms with E-state index in [1.54, 1.807) is 0 Å². The Labute approximate surface area is 99.6 Å². The van der Waals surface area contributed by atoms with E-state index in [9.17, 15) is 0 Å². The van der Waals surface area contributed by atoms with Gasteiger partial charge in [0, 0.05) is 23.1 Å². The summed E-state index contributed by atoms with van der Waals surface area (Å²) in [6.45, 7) is 1.70. The van der Waals surface area contributed by atoms with E-state index in [0.717, 1.165) is 17.6 Å². The summed E-state index contributed by atoms with van der Waals surface area (Å²) >= 11 is 3.47. The molecular formula is C12H17BrN2. The summed E-state index contributed by atoms with van der Waals surface area (Å²) in [5.74, 6) is 0. The normalized spacial score (nSPS) is 18.1. The zero-order chi connectivity index (χ0) is 10.9. The van der Waals surface area contributed by atoms with Crippen LogP contribution in [-0.4, -0.2) is 25.0 Å². The second-order valence-electron chi connectivity index (χ2n) is 4.25. The van der Waals surface area contributed by atoms with Crippen molar-refractivity contribution >= 4 is 15.9 Å². The lowest BCUT2D eigenvalue weighted by molar-refractivity contribution is 0.229. The van der Waals surface area contributed by atoms with Crippen molar-refractivity contribution in [2.24, 2.45) is 5.73 Å². The van der Waals surface area contributed by atoms with E-state index in [4.69, 9.17) is 5.73 Å². The number of hydrogen-bond acceptors (Lipinski definition) is 2. The summed E-state index contributed by atoms with van der Waals surface area (Å²) in [6.07, 6.45) is 2.51. The summed E-state index contributed by atoms with van der Waals surface area (Å²) < 4.78 is 1.14. The van der Waals surface area contributed by atoms with Crippen LogP contribution in [-0.2, 0) is 5.54 Å². The average molecular weight is 269 g/mol. The van der Waals surface area contributed by atoms with Crippen LogP contribution in [0.4, 0.5) is 0 Å². The summed E-state index contributed by atoms with van der Waals surface area (Å²) in [4.78, 5) is 2.39. The van der Waals surface area contributed by atoms with Crippen LogP contribution >= 0.6 is 15.9 Å². The molecule has 2 N–H and O–H groups in total. The molecule has 1 aliphatic carbocycles. The minimum Gasteiger partial charge on any atom is -0.329 e. The Kier molecular flexibility index (Phi) is 3.14. The van der Waals surface area contributed by atoms with Crippen LogP contribution in [0.25, 0.3) is 0 Å². The van der Waals surface area contributed by atoms with Gasteiger partial charge in [-0.2, -0.15) is 0 Å². The van der Waals surface area contributed by atoms with Crippen LogP contribution < -0.4 is 5.73 Å². The van der Waals surface area contributed by atoms with Gasteiger partial charge in [-0.25, -0.2) is 0 Å². The molecule has 82 valence electrons. The molecule has 1 aromatic rings. The lowest BCUT2D eigenvalue weighted by Gasteiger charge is -2.28. The maximum Gasteiger partial charge on any atom is 0.0459 e. The highest BCUT2D eigenvalue weighted by Gasteiger charge is 2.47. The number of likely N-dealkylation sites (N-methyl/N-ethyl adjacent to an activating group) is 1. The molecule has 0 radical (unpaired) electrons. The second-order valence-corrected chi connectivity index (χ2v) is 5.16. The van der Waals surface area contributed by atoms with E-state index in [0.29, 0.717) is 0 Å². The fourth-order valence-electron chi connectivity index (χ4n) is 2.18. The molecule has 0 bridgehead atoms. The molecule has 0 atom stereocenters. The molecule has 2 nitrogen and oxygen atoms in total.